The van der Waals surface area contributed by atoms with Crippen molar-refractivity contribution >= 4 is 51.9 Å². The first kappa shape index (κ1) is 23.2. The topological polar surface area (TPSA) is 102 Å². The summed E-state index contributed by atoms with van der Waals surface area (Å²) in [6.45, 7) is -0.493. The Labute approximate surface area is 188 Å². The molecule has 1 N–H and O–H groups in total. The van der Waals surface area contributed by atoms with Crippen LogP contribution < -0.4 is 10.2 Å². The second kappa shape index (κ2) is 9.36. The van der Waals surface area contributed by atoms with Crippen LogP contribution in [0.5, 0.6) is 5.75 Å². The van der Waals surface area contributed by atoms with Gasteiger partial charge in [0.05, 0.1) is 15.4 Å². The van der Waals surface area contributed by atoms with Gasteiger partial charge >= 0.3 is 6.18 Å². The maximum atomic E-state index is 12.7. The lowest BCUT2D eigenvalue weighted by Crippen LogP contribution is -2.46. The van der Waals surface area contributed by atoms with Gasteiger partial charge in [-0.1, -0.05) is 23.9 Å². The lowest BCUT2D eigenvalue weighted by molar-refractivity contribution is -0.384. The molecule has 2 aromatic carbocycles. The minimum absolute atomic E-state index is 0.0249. The average molecular weight is 483 g/mol. The van der Waals surface area contributed by atoms with Gasteiger partial charge < -0.3 is 4.74 Å². The molecule has 0 atom stereocenters. The number of non-ortho nitro benzene ring substituents is 1. The van der Waals surface area contributed by atoms with Gasteiger partial charge in [0.25, 0.3) is 17.5 Å². The van der Waals surface area contributed by atoms with E-state index in [-0.39, 0.29) is 20.7 Å². The van der Waals surface area contributed by atoms with Crippen molar-refractivity contribution in [1.82, 2.24) is 10.4 Å². The normalized spacial score (nSPS) is 15.2. The molecule has 2 aromatic rings. The minimum atomic E-state index is -4.47. The second-order valence-corrected chi connectivity index (χ2v) is 7.89. The number of carbonyl (C=O) groups excluding carboxylic acids is 2. The van der Waals surface area contributed by atoms with E-state index in [9.17, 15) is 32.9 Å². The highest BCUT2D eigenvalue weighted by atomic mass is 32.2. The van der Waals surface area contributed by atoms with Crippen LogP contribution >= 0.6 is 24.0 Å². The molecule has 13 heteroatoms. The Morgan fingerprint density at radius 2 is 1.81 bits per heavy atom. The summed E-state index contributed by atoms with van der Waals surface area (Å²) >= 11 is 5.95. The number of nitrogens with zero attached hydrogens (tertiary/aromatic N) is 2. The first-order valence-electron chi connectivity index (χ1n) is 8.66. The van der Waals surface area contributed by atoms with Crippen LogP contribution in [0.3, 0.4) is 0 Å². The third kappa shape index (κ3) is 5.62. The van der Waals surface area contributed by atoms with Crippen LogP contribution in [0.4, 0.5) is 18.9 Å². The smallest absolute Gasteiger partial charge is 0.416 e. The van der Waals surface area contributed by atoms with E-state index < -0.39 is 35.1 Å². The molecule has 0 unspecified atom stereocenters. The third-order valence-electron chi connectivity index (χ3n) is 3.98. The number of nitro groups is 1. The summed E-state index contributed by atoms with van der Waals surface area (Å²) in [5, 5.41) is 11.5. The molecule has 3 rings (SSSR count). The Kier molecular flexibility index (Phi) is 6.79. The van der Waals surface area contributed by atoms with Crippen molar-refractivity contribution in [2.24, 2.45) is 0 Å². The number of hydrazine groups is 1. The van der Waals surface area contributed by atoms with E-state index in [0.29, 0.717) is 5.56 Å². The number of rotatable bonds is 6. The molecule has 0 aliphatic carbocycles. The van der Waals surface area contributed by atoms with Crippen molar-refractivity contribution < 1.29 is 32.4 Å². The molecule has 32 heavy (non-hydrogen) atoms. The number of thioether (sulfide) groups is 1. The third-order valence-corrected chi connectivity index (χ3v) is 5.29. The Morgan fingerprint density at radius 1 is 1.19 bits per heavy atom. The Bertz CT molecular complexity index is 1100. The number of halogens is 3. The van der Waals surface area contributed by atoms with Crippen LogP contribution in [0.15, 0.2) is 53.4 Å². The number of ether oxygens (including phenoxy) is 1. The molecule has 0 bridgehead atoms. The predicted molar refractivity (Wildman–Crippen MR) is 113 cm³/mol. The van der Waals surface area contributed by atoms with E-state index in [4.69, 9.17) is 17.0 Å². The fraction of sp³-hybridized carbons (Fsp3) is 0.105. The number of benzene rings is 2. The van der Waals surface area contributed by atoms with E-state index in [0.717, 1.165) is 28.9 Å². The standard InChI is InChI=1S/C19H12F3N3O5S2/c20-19(21,22)12-3-1-11(2-4-12)9-15-17(27)24(18(31)32-15)23-16(26)10-30-14-7-5-13(6-8-14)25(28)29/h1-9H,10H2,(H,23,26)/b15-9-. The van der Waals surface area contributed by atoms with Crippen LogP contribution in [-0.2, 0) is 15.8 Å². The zero-order valence-electron chi connectivity index (χ0n) is 15.8. The largest absolute Gasteiger partial charge is 0.484 e. The molecule has 1 saturated heterocycles. The molecule has 166 valence electrons. The summed E-state index contributed by atoms with van der Waals surface area (Å²) in [4.78, 5) is 34.8. The zero-order valence-corrected chi connectivity index (χ0v) is 17.4. The van der Waals surface area contributed by atoms with Gasteiger partial charge in [0.15, 0.2) is 10.9 Å². The summed E-state index contributed by atoms with van der Waals surface area (Å²) in [7, 11) is 0. The summed E-state index contributed by atoms with van der Waals surface area (Å²) in [5.41, 5.74) is 1.68. The molecule has 2 amide bonds. The van der Waals surface area contributed by atoms with Crippen LogP contribution in [0, 0.1) is 10.1 Å². The van der Waals surface area contributed by atoms with Crippen molar-refractivity contribution in [3.05, 3.63) is 74.7 Å². The lowest BCUT2D eigenvalue weighted by atomic mass is 10.1. The Balaban J connectivity index is 1.60. The number of nitro benzene ring substituents is 1. The van der Waals surface area contributed by atoms with Gasteiger partial charge in [-0.05, 0) is 48.1 Å². The Hall–Kier alpha value is -3.45. The monoisotopic (exact) mass is 483 g/mol. The molecule has 8 nitrogen and oxygen atoms in total. The number of carbonyl (C=O) groups is 2. The fourth-order valence-corrected chi connectivity index (χ4v) is 3.63. The SMILES string of the molecule is O=C(COc1ccc([N+](=O)[O-])cc1)NN1C(=O)/C(=C/c2ccc(C(F)(F)F)cc2)SC1=S. The van der Waals surface area contributed by atoms with Crippen molar-refractivity contribution in [2.75, 3.05) is 6.61 Å². The van der Waals surface area contributed by atoms with Crippen LogP contribution in [-0.4, -0.2) is 32.7 Å². The van der Waals surface area contributed by atoms with Gasteiger partial charge in [-0.3, -0.25) is 25.1 Å². The van der Waals surface area contributed by atoms with Gasteiger partial charge in [0.2, 0.25) is 0 Å². The highest BCUT2D eigenvalue weighted by Gasteiger charge is 2.34. The van der Waals surface area contributed by atoms with Gasteiger partial charge in [-0.15, -0.1) is 0 Å². The van der Waals surface area contributed by atoms with Crippen molar-refractivity contribution in [3.63, 3.8) is 0 Å². The fourth-order valence-electron chi connectivity index (χ4n) is 2.45. The maximum Gasteiger partial charge on any atom is 0.416 e. The lowest BCUT2D eigenvalue weighted by Gasteiger charge is -2.15. The van der Waals surface area contributed by atoms with Crippen LogP contribution in [0.25, 0.3) is 6.08 Å². The quantitative estimate of drug-likeness (QED) is 0.288. The second-order valence-electron chi connectivity index (χ2n) is 6.21. The van der Waals surface area contributed by atoms with E-state index in [1.165, 1.54) is 42.5 Å². The summed E-state index contributed by atoms with van der Waals surface area (Å²) in [5.74, 6) is -1.16. The molecule has 0 radical (unpaired) electrons. The highest BCUT2D eigenvalue weighted by Crippen LogP contribution is 2.33. The predicted octanol–water partition coefficient (Wildman–Crippen LogP) is 3.93. The number of thiocarbonyl (C=S) groups is 1. The van der Waals surface area contributed by atoms with E-state index in [2.05, 4.69) is 5.43 Å². The molecular formula is C19H12F3N3O5S2. The van der Waals surface area contributed by atoms with Gasteiger partial charge in [0.1, 0.15) is 5.75 Å². The molecule has 0 aromatic heterocycles. The maximum absolute atomic E-state index is 12.7. The van der Waals surface area contributed by atoms with Gasteiger partial charge in [-0.25, -0.2) is 0 Å². The van der Waals surface area contributed by atoms with E-state index in [1.54, 1.807) is 0 Å². The zero-order chi connectivity index (χ0) is 23.5. The molecule has 1 aliphatic heterocycles. The van der Waals surface area contributed by atoms with Gasteiger partial charge in [0, 0.05) is 12.1 Å². The molecule has 1 fully saturated rings. The first-order chi connectivity index (χ1) is 15.0. The van der Waals surface area contributed by atoms with Crippen LogP contribution in [0.1, 0.15) is 11.1 Å². The molecule has 1 aliphatic rings. The summed E-state index contributed by atoms with van der Waals surface area (Å²) in [6.07, 6.45) is -3.11. The number of nitrogens with one attached hydrogen (secondary N) is 1. The van der Waals surface area contributed by atoms with Crippen molar-refractivity contribution in [2.45, 2.75) is 6.18 Å². The van der Waals surface area contributed by atoms with Gasteiger partial charge in [-0.2, -0.15) is 18.2 Å². The first-order valence-corrected chi connectivity index (χ1v) is 9.89. The average Bonchev–Trinajstić information content (AvgIpc) is 2.99. The molecule has 0 saturated carbocycles. The highest BCUT2D eigenvalue weighted by molar-refractivity contribution is 8.26. The molecule has 1 heterocycles. The summed E-state index contributed by atoms with van der Waals surface area (Å²) < 4.78 is 43.2. The number of amides is 2. The van der Waals surface area contributed by atoms with Crippen LogP contribution in [0.2, 0.25) is 0 Å². The minimum Gasteiger partial charge on any atom is -0.484 e. The summed E-state index contributed by atoms with van der Waals surface area (Å²) in [6, 6.07) is 9.27. The van der Waals surface area contributed by atoms with E-state index >= 15 is 0 Å². The molecular weight excluding hydrogens is 471 g/mol. The van der Waals surface area contributed by atoms with E-state index in [1.807, 2.05) is 0 Å². The Morgan fingerprint density at radius 3 is 2.38 bits per heavy atom. The molecule has 0 spiro atoms. The number of hydrogen-bond donors (Lipinski definition) is 1. The number of alkyl halides is 3. The van der Waals surface area contributed by atoms with Crippen molar-refractivity contribution in [3.8, 4) is 5.75 Å². The number of hydrogen-bond acceptors (Lipinski definition) is 7. The van der Waals surface area contributed by atoms with Crippen molar-refractivity contribution in [1.29, 1.82) is 0 Å².